The van der Waals surface area contributed by atoms with Crippen molar-refractivity contribution in [1.82, 2.24) is 4.98 Å². The molecule has 0 N–H and O–H groups in total. The molecule has 0 saturated heterocycles. The second kappa shape index (κ2) is 5.43. The van der Waals surface area contributed by atoms with E-state index in [1.807, 2.05) is 0 Å². The fourth-order valence-electron chi connectivity index (χ4n) is 3.01. The molecule has 0 bridgehead atoms. The Hall–Kier alpha value is -1.57. The van der Waals surface area contributed by atoms with Crippen molar-refractivity contribution in [3.8, 4) is 5.88 Å². The Morgan fingerprint density at radius 2 is 2.20 bits per heavy atom. The summed E-state index contributed by atoms with van der Waals surface area (Å²) in [5, 5.41) is 1.30. The van der Waals surface area contributed by atoms with Gasteiger partial charge in [0.2, 0.25) is 5.88 Å². The lowest BCUT2D eigenvalue weighted by atomic mass is 9.96. The highest BCUT2D eigenvalue weighted by Gasteiger charge is 2.21. The van der Waals surface area contributed by atoms with Crippen LogP contribution in [0.5, 0.6) is 5.88 Å². The van der Waals surface area contributed by atoms with E-state index in [9.17, 15) is 0 Å². The van der Waals surface area contributed by atoms with Gasteiger partial charge in [-0.1, -0.05) is 19.4 Å². The predicted octanol–water partition coefficient (Wildman–Crippen LogP) is 4.60. The number of rotatable bonds is 3. The van der Waals surface area contributed by atoms with Crippen LogP contribution in [0.1, 0.15) is 49.8 Å². The van der Waals surface area contributed by atoms with Crippen molar-refractivity contribution in [2.45, 2.75) is 59.0 Å². The first kappa shape index (κ1) is 13.4. The van der Waals surface area contributed by atoms with E-state index in [1.54, 1.807) is 0 Å². The van der Waals surface area contributed by atoms with Crippen LogP contribution in [-0.4, -0.2) is 11.1 Å². The van der Waals surface area contributed by atoms with Gasteiger partial charge in [-0.15, -0.1) is 0 Å². The van der Waals surface area contributed by atoms with Gasteiger partial charge in [-0.25, -0.2) is 4.98 Å². The molecular weight excluding hydrogens is 246 g/mol. The first-order valence-corrected chi connectivity index (χ1v) is 7.77. The van der Waals surface area contributed by atoms with Crippen LogP contribution in [0, 0.1) is 6.92 Å². The summed E-state index contributed by atoms with van der Waals surface area (Å²) in [5.41, 5.74) is 5.16. The summed E-state index contributed by atoms with van der Waals surface area (Å²) < 4.78 is 5.90. The Balaban J connectivity index is 2.07. The fraction of sp³-hybridized carbons (Fsp3) is 0.500. The molecule has 0 amide bonds. The highest BCUT2D eigenvalue weighted by Crippen LogP contribution is 2.33. The average molecular weight is 269 g/mol. The first-order valence-electron chi connectivity index (χ1n) is 7.77. The van der Waals surface area contributed by atoms with Gasteiger partial charge in [0.1, 0.15) is 0 Å². The maximum atomic E-state index is 5.90. The Morgan fingerprint density at radius 3 is 3.00 bits per heavy atom. The summed E-state index contributed by atoms with van der Waals surface area (Å²) in [4.78, 5) is 4.73. The molecule has 0 saturated carbocycles. The summed E-state index contributed by atoms with van der Waals surface area (Å²) in [6, 6.07) is 6.69. The molecule has 0 fully saturated rings. The van der Waals surface area contributed by atoms with Gasteiger partial charge in [0, 0.05) is 10.9 Å². The summed E-state index contributed by atoms with van der Waals surface area (Å²) in [6.45, 7) is 6.58. The molecule has 0 spiro atoms. The number of hydrogen-bond acceptors (Lipinski definition) is 2. The number of unbranched alkanes of at least 4 members (excludes halogenated alkanes) is 1. The molecule has 1 atom stereocenters. The Morgan fingerprint density at radius 1 is 1.35 bits per heavy atom. The minimum atomic E-state index is 0.288. The van der Waals surface area contributed by atoms with Crippen molar-refractivity contribution in [3.63, 3.8) is 0 Å². The first-order chi connectivity index (χ1) is 9.69. The molecule has 2 heterocycles. The lowest BCUT2D eigenvalue weighted by molar-refractivity contribution is 0.184. The van der Waals surface area contributed by atoms with Gasteiger partial charge in [0.15, 0.2) is 0 Å². The standard InChI is InChI=1S/C18H23NO/c1-4-5-6-14-8-10-17-16(11-14)13(3)15-9-7-12(2)20-18(15)19-17/h8,10-12H,4-7,9H2,1-3H3. The zero-order valence-corrected chi connectivity index (χ0v) is 12.7. The van der Waals surface area contributed by atoms with Crippen molar-refractivity contribution in [1.29, 1.82) is 0 Å². The molecule has 3 rings (SSSR count). The lowest BCUT2D eigenvalue weighted by Crippen LogP contribution is -2.20. The number of aryl methyl sites for hydroxylation is 2. The molecule has 2 aromatic rings. The molecule has 1 aliphatic rings. The van der Waals surface area contributed by atoms with Crippen LogP contribution in [0.4, 0.5) is 0 Å². The van der Waals surface area contributed by atoms with Crippen molar-refractivity contribution < 1.29 is 4.74 Å². The molecule has 0 radical (unpaired) electrons. The van der Waals surface area contributed by atoms with Gasteiger partial charge in [0.25, 0.3) is 0 Å². The van der Waals surface area contributed by atoms with E-state index in [0.717, 1.165) is 30.7 Å². The van der Waals surface area contributed by atoms with Crippen LogP contribution >= 0.6 is 0 Å². The summed E-state index contributed by atoms with van der Waals surface area (Å²) in [6.07, 6.45) is 6.13. The average Bonchev–Trinajstić information content (AvgIpc) is 2.45. The number of hydrogen-bond donors (Lipinski definition) is 0. The Bertz CT molecular complexity index is 633. The third kappa shape index (κ3) is 2.39. The van der Waals surface area contributed by atoms with Gasteiger partial charge >= 0.3 is 0 Å². The van der Waals surface area contributed by atoms with Gasteiger partial charge in [-0.3, -0.25) is 0 Å². The van der Waals surface area contributed by atoms with E-state index in [1.165, 1.54) is 34.9 Å². The fourth-order valence-corrected chi connectivity index (χ4v) is 3.01. The van der Waals surface area contributed by atoms with Crippen LogP contribution in [0.25, 0.3) is 10.9 Å². The van der Waals surface area contributed by atoms with E-state index in [0.29, 0.717) is 0 Å². The molecule has 2 heteroatoms. The lowest BCUT2D eigenvalue weighted by Gasteiger charge is -2.24. The van der Waals surface area contributed by atoms with Gasteiger partial charge in [-0.05, 0) is 62.8 Å². The molecule has 20 heavy (non-hydrogen) atoms. The van der Waals surface area contributed by atoms with Gasteiger partial charge < -0.3 is 4.74 Å². The van der Waals surface area contributed by atoms with E-state index < -0.39 is 0 Å². The quantitative estimate of drug-likeness (QED) is 0.812. The summed E-state index contributed by atoms with van der Waals surface area (Å²) >= 11 is 0. The van der Waals surface area contributed by atoms with Crippen LogP contribution in [0.2, 0.25) is 0 Å². The molecule has 1 aromatic carbocycles. The molecule has 106 valence electrons. The number of fused-ring (bicyclic) bond motifs is 2. The third-order valence-electron chi connectivity index (χ3n) is 4.33. The van der Waals surface area contributed by atoms with Crippen molar-refractivity contribution >= 4 is 10.9 Å². The second-order valence-corrected chi connectivity index (χ2v) is 5.94. The zero-order chi connectivity index (χ0) is 14.1. The normalized spacial score (nSPS) is 17.9. The maximum absolute atomic E-state index is 5.90. The Kier molecular flexibility index (Phi) is 3.64. The molecule has 1 aliphatic heterocycles. The molecule has 1 aromatic heterocycles. The number of nitrogens with zero attached hydrogens (tertiary/aromatic N) is 1. The van der Waals surface area contributed by atoms with Crippen molar-refractivity contribution in [2.24, 2.45) is 0 Å². The minimum Gasteiger partial charge on any atom is -0.474 e. The largest absolute Gasteiger partial charge is 0.474 e. The third-order valence-corrected chi connectivity index (χ3v) is 4.33. The number of benzene rings is 1. The molecule has 2 nitrogen and oxygen atoms in total. The topological polar surface area (TPSA) is 22.1 Å². The SMILES string of the molecule is CCCCc1ccc2nc3c(c(C)c2c1)CCC(C)O3. The van der Waals surface area contributed by atoms with Crippen molar-refractivity contribution in [2.75, 3.05) is 0 Å². The van der Waals surface area contributed by atoms with Gasteiger partial charge in [0.05, 0.1) is 11.6 Å². The van der Waals surface area contributed by atoms with E-state index in [-0.39, 0.29) is 6.10 Å². The summed E-state index contributed by atoms with van der Waals surface area (Å²) in [5.74, 6) is 0.857. The monoisotopic (exact) mass is 269 g/mol. The highest BCUT2D eigenvalue weighted by atomic mass is 16.5. The predicted molar refractivity (Wildman–Crippen MR) is 83.5 cm³/mol. The smallest absolute Gasteiger partial charge is 0.217 e. The van der Waals surface area contributed by atoms with E-state index in [4.69, 9.17) is 9.72 Å². The van der Waals surface area contributed by atoms with Crippen molar-refractivity contribution in [3.05, 3.63) is 34.9 Å². The van der Waals surface area contributed by atoms with E-state index >= 15 is 0 Å². The number of pyridine rings is 1. The van der Waals surface area contributed by atoms with Gasteiger partial charge in [-0.2, -0.15) is 0 Å². The van der Waals surface area contributed by atoms with E-state index in [2.05, 4.69) is 39.0 Å². The molecule has 1 unspecified atom stereocenters. The maximum Gasteiger partial charge on any atom is 0.217 e. The van der Waals surface area contributed by atoms with Crippen LogP contribution in [0.15, 0.2) is 18.2 Å². The van der Waals surface area contributed by atoms with Crippen LogP contribution in [-0.2, 0) is 12.8 Å². The van der Waals surface area contributed by atoms with Crippen LogP contribution < -0.4 is 4.74 Å². The number of ether oxygens (including phenoxy) is 1. The summed E-state index contributed by atoms with van der Waals surface area (Å²) in [7, 11) is 0. The highest BCUT2D eigenvalue weighted by molar-refractivity contribution is 5.85. The van der Waals surface area contributed by atoms with Crippen LogP contribution in [0.3, 0.4) is 0 Å². The second-order valence-electron chi connectivity index (χ2n) is 5.94. The zero-order valence-electron chi connectivity index (χ0n) is 12.7. The number of aromatic nitrogens is 1. The molecular formula is C18H23NO. The minimum absolute atomic E-state index is 0.288. The molecule has 0 aliphatic carbocycles. The Labute approximate surface area is 121 Å².